The van der Waals surface area contributed by atoms with Crippen LogP contribution < -0.4 is 4.74 Å². The van der Waals surface area contributed by atoms with E-state index in [1.807, 2.05) is 24.3 Å². The van der Waals surface area contributed by atoms with E-state index in [2.05, 4.69) is 4.98 Å². The molecule has 0 saturated heterocycles. The van der Waals surface area contributed by atoms with E-state index in [-0.39, 0.29) is 11.4 Å². The number of hydrogen-bond acceptors (Lipinski definition) is 3. The van der Waals surface area contributed by atoms with E-state index < -0.39 is 5.97 Å². The van der Waals surface area contributed by atoms with Gasteiger partial charge >= 0.3 is 5.97 Å². The molecule has 0 bridgehead atoms. The fourth-order valence-electron chi connectivity index (χ4n) is 2.91. The molecule has 0 amide bonds. The van der Waals surface area contributed by atoms with Crippen molar-refractivity contribution in [1.82, 2.24) is 4.98 Å². The number of para-hydroxylation sites is 1. The highest BCUT2D eigenvalue weighted by molar-refractivity contribution is 5.95. The number of carboxylic acid groups (broad SMARTS) is 1. The predicted molar refractivity (Wildman–Crippen MR) is 80.8 cm³/mol. The van der Waals surface area contributed by atoms with Gasteiger partial charge < -0.3 is 9.84 Å². The Labute approximate surface area is 123 Å². The molecule has 4 heteroatoms. The van der Waals surface area contributed by atoms with E-state index >= 15 is 0 Å². The van der Waals surface area contributed by atoms with Crippen LogP contribution in [-0.4, -0.2) is 22.7 Å². The van der Waals surface area contributed by atoms with Crippen LogP contribution in [0.2, 0.25) is 0 Å². The molecular weight excluding hydrogens is 266 g/mol. The zero-order valence-corrected chi connectivity index (χ0v) is 11.9. The largest absolute Gasteiger partial charge is 0.477 e. The number of aromatic carboxylic acids is 1. The highest BCUT2D eigenvalue weighted by Crippen LogP contribution is 2.26. The van der Waals surface area contributed by atoms with Gasteiger partial charge in [-0.15, -0.1) is 0 Å². The Kier molecular flexibility index (Phi) is 4.04. The molecule has 1 N–H and O–H groups in total. The lowest BCUT2D eigenvalue weighted by atomic mass is 9.90. The summed E-state index contributed by atoms with van der Waals surface area (Å²) in [6.07, 6.45) is 6.10. The molecule has 0 spiro atoms. The van der Waals surface area contributed by atoms with Gasteiger partial charge in [-0.3, -0.25) is 0 Å². The van der Waals surface area contributed by atoms with Gasteiger partial charge in [0.15, 0.2) is 0 Å². The molecule has 0 aliphatic heterocycles. The Hall–Kier alpha value is -2.10. The van der Waals surface area contributed by atoms with Crippen molar-refractivity contribution in [2.75, 3.05) is 6.61 Å². The lowest BCUT2D eigenvalue weighted by Crippen LogP contribution is -2.17. The maximum absolute atomic E-state index is 11.4. The van der Waals surface area contributed by atoms with Crippen LogP contribution in [0.1, 0.15) is 42.5 Å². The fourth-order valence-corrected chi connectivity index (χ4v) is 2.91. The minimum absolute atomic E-state index is 0.143. The zero-order valence-electron chi connectivity index (χ0n) is 11.9. The number of nitrogens with zero attached hydrogens (tertiary/aromatic N) is 1. The van der Waals surface area contributed by atoms with E-state index in [9.17, 15) is 9.90 Å². The second-order valence-corrected chi connectivity index (χ2v) is 5.65. The van der Waals surface area contributed by atoms with E-state index in [0.717, 1.165) is 23.7 Å². The van der Waals surface area contributed by atoms with Crippen LogP contribution in [-0.2, 0) is 0 Å². The molecule has 21 heavy (non-hydrogen) atoms. The SMILES string of the molecule is O=C(O)c1cc2ccccc2nc1OCC1CCCCC1. The number of fused-ring (bicyclic) bond motifs is 1. The standard InChI is InChI=1S/C17H19NO3/c19-17(20)14-10-13-8-4-5-9-15(13)18-16(14)21-11-12-6-2-1-3-7-12/h4-5,8-10,12H,1-3,6-7,11H2,(H,19,20). The lowest BCUT2D eigenvalue weighted by Gasteiger charge is -2.21. The van der Waals surface area contributed by atoms with E-state index in [1.165, 1.54) is 19.3 Å². The van der Waals surface area contributed by atoms with Gasteiger partial charge in [0, 0.05) is 5.39 Å². The maximum atomic E-state index is 11.4. The van der Waals surface area contributed by atoms with Gasteiger partial charge in [-0.2, -0.15) is 0 Å². The van der Waals surface area contributed by atoms with Crippen LogP contribution in [0.25, 0.3) is 10.9 Å². The highest BCUT2D eigenvalue weighted by Gasteiger charge is 2.18. The van der Waals surface area contributed by atoms with Gasteiger partial charge in [0.2, 0.25) is 5.88 Å². The summed E-state index contributed by atoms with van der Waals surface area (Å²) in [5, 5.41) is 10.2. The summed E-state index contributed by atoms with van der Waals surface area (Å²) < 4.78 is 5.75. The number of hydrogen-bond donors (Lipinski definition) is 1. The monoisotopic (exact) mass is 285 g/mol. The van der Waals surface area contributed by atoms with E-state index in [4.69, 9.17) is 4.74 Å². The molecule has 1 heterocycles. The number of ether oxygens (including phenoxy) is 1. The minimum atomic E-state index is -0.994. The molecule has 1 saturated carbocycles. The van der Waals surface area contributed by atoms with Gasteiger partial charge in [-0.1, -0.05) is 37.5 Å². The summed E-state index contributed by atoms with van der Waals surface area (Å²) in [4.78, 5) is 15.8. The normalized spacial score (nSPS) is 16.0. The molecule has 1 aromatic heterocycles. The van der Waals surface area contributed by atoms with Crippen molar-refractivity contribution < 1.29 is 14.6 Å². The number of pyridine rings is 1. The summed E-state index contributed by atoms with van der Waals surface area (Å²) in [5.74, 6) is -0.229. The molecule has 1 aliphatic rings. The molecule has 1 aliphatic carbocycles. The average molecular weight is 285 g/mol. The first-order valence-corrected chi connectivity index (χ1v) is 7.50. The first-order chi connectivity index (χ1) is 10.2. The molecule has 0 unspecified atom stereocenters. The highest BCUT2D eigenvalue weighted by atomic mass is 16.5. The predicted octanol–water partition coefficient (Wildman–Crippen LogP) is 3.89. The van der Waals surface area contributed by atoms with Crippen molar-refractivity contribution >= 4 is 16.9 Å². The van der Waals surface area contributed by atoms with Gasteiger partial charge in [0.05, 0.1) is 12.1 Å². The third kappa shape index (κ3) is 3.15. The summed E-state index contributed by atoms with van der Waals surface area (Å²) in [6.45, 7) is 0.561. The summed E-state index contributed by atoms with van der Waals surface area (Å²) in [5.41, 5.74) is 0.908. The second kappa shape index (κ2) is 6.12. The molecule has 2 aromatic rings. The zero-order chi connectivity index (χ0) is 14.7. The first kappa shape index (κ1) is 13.9. The summed E-state index contributed by atoms with van der Waals surface area (Å²) >= 11 is 0. The van der Waals surface area contributed by atoms with Crippen LogP contribution >= 0.6 is 0 Å². The third-order valence-electron chi connectivity index (χ3n) is 4.10. The van der Waals surface area contributed by atoms with Crippen molar-refractivity contribution in [3.05, 3.63) is 35.9 Å². The lowest BCUT2D eigenvalue weighted by molar-refractivity contribution is 0.0689. The van der Waals surface area contributed by atoms with Crippen molar-refractivity contribution in [2.45, 2.75) is 32.1 Å². The van der Waals surface area contributed by atoms with E-state index in [0.29, 0.717) is 12.5 Å². The Bertz CT molecular complexity index is 648. The van der Waals surface area contributed by atoms with E-state index in [1.54, 1.807) is 6.07 Å². The van der Waals surface area contributed by atoms with Crippen LogP contribution in [0, 0.1) is 5.92 Å². The number of rotatable bonds is 4. The quantitative estimate of drug-likeness (QED) is 0.925. The fraction of sp³-hybridized carbons (Fsp3) is 0.412. The summed E-state index contributed by atoms with van der Waals surface area (Å²) in [7, 11) is 0. The molecule has 4 nitrogen and oxygen atoms in total. The molecule has 1 fully saturated rings. The first-order valence-electron chi connectivity index (χ1n) is 7.50. The van der Waals surface area contributed by atoms with Crippen molar-refractivity contribution in [2.24, 2.45) is 5.92 Å². The average Bonchev–Trinajstić information content (AvgIpc) is 2.53. The number of benzene rings is 1. The molecule has 1 aromatic carbocycles. The number of aromatic nitrogens is 1. The van der Waals surface area contributed by atoms with Crippen LogP contribution in [0.4, 0.5) is 0 Å². The Morgan fingerprint density at radius 3 is 2.76 bits per heavy atom. The topological polar surface area (TPSA) is 59.4 Å². The summed E-state index contributed by atoms with van der Waals surface area (Å²) in [6, 6.07) is 9.13. The molecule has 0 atom stereocenters. The smallest absolute Gasteiger partial charge is 0.341 e. The van der Waals surface area contributed by atoms with Gasteiger partial charge in [0.25, 0.3) is 0 Å². The number of carbonyl (C=O) groups is 1. The molecule has 0 radical (unpaired) electrons. The van der Waals surface area contributed by atoms with Crippen LogP contribution in [0.5, 0.6) is 5.88 Å². The maximum Gasteiger partial charge on any atom is 0.341 e. The molecule has 3 rings (SSSR count). The third-order valence-corrected chi connectivity index (χ3v) is 4.10. The molecule has 110 valence electrons. The van der Waals surface area contributed by atoms with Crippen LogP contribution in [0.3, 0.4) is 0 Å². The van der Waals surface area contributed by atoms with Crippen molar-refractivity contribution in [3.8, 4) is 5.88 Å². The van der Waals surface area contributed by atoms with Gasteiger partial charge in [-0.05, 0) is 30.9 Å². The van der Waals surface area contributed by atoms with Crippen LogP contribution in [0.15, 0.2) is 30.3 Å². The Morgan fingerprint density at radius 2 is 2.00 bits per heavy atom. The second-order valence-electron chi connectivity index (χ2n) is 5.65. The van der Waals surface area contributed by atoms with Crippen molar-refractivity contribution in [3.63, 3.8) is 0 Å². The van der Waals surface area contributed by atoms with Gasteiger partial charge in [0.1, 0.15) is 5.56 Å². The van der Waals surface area contributed by atoms with Crippen molar-refractivity contribution in [1.29, 1.82) is 0 Å². The number of carboxylic acids is 1. The minimum Gasteiger partial charge on any atom is -0.477 e. The Balaban J connectivity index is 1.84. The van der Waals surface area contributed by atoms with Gasteiger partial charge in [-0.25, -0.2) is 9.78 Å². The Morgan fingerprint density at radius 1 is 1.24 bits per heavy atom. The molecular formula is C17H19NO3.